The highest BCUT2D eigenvalue weighted by Crippen LogP contribution is 2.31. The van der Waals surface area contributed by atoms with E-state index >= 15 is 0 Å². The molecule has 1 heterocycles. The van der Waals surface area contributed by atoms with Crippen molar-refractivity contribution in [2.45, 2.75) is 31.7 Å². The van der Waals surface area contributed by atoms with Gasteiger partial charge in [-0.2, -0.15) is 0 Å². The smallest absolute Gasteiger partial charge is 0.318 e. The van der Waals surface area contributed by atoms with Crippen molar-refractivity contribution in [3.8, 4) is 0 Å². The standard InChI is InChI=1S/C29H29N3OS/c1-21-16-17-24(20-21)32(29(33)31-28-30-26-14-8-9-15-27(26)34-28)19-18-25(22-10-4-2-5-11-22)23-12-6-3-7-13-23/h2-17,21,24-25H,18-20H2,1H3,(H,30,31,33). The monoisotopic (exact) mass is 467 g/mol. The van der Waals surface area contributed by atoms with E-state index in [1.165, 1.54) is 22.5 Å². The van der Waals surface area contributed by atoms with Crippen molar-refractivity contribution in [3.05, 3.63) is 108 Å². The molecule has 0 fully saturated rings. The van der Waals surface area contributed by atoms with Crippen LogP contribution in [0, 0.1) is 5.92 Å². The van der Waals surface area contributed by atoms with Crippen LogP contribution in [-0.2, 0) is 0 Å². The van der Waals surface area contributed by atoms with Crippen molar-refractivity contribution >= 4 is 32.7 Å². The molecule has 2 unspecified atom stereocenters. The summed E-state index contributed by atoms with van der Waals surface area (Å²) in [4.78, 5) is 20.1. The van der Waals surface area contributed by atoms with E-state index in [-0.39, 0.29) is 18.0 Å². The fraction of sp³-hybridized carbons (Fsp3) is 0.241. The van der Waals surface area contributed by atoms with Gasteiger partial charge < -0.3 is 4.90 Å². The number of urea groups is 1. The van der Waals surface area contributed by atoms with Crippen LogP contribution in [0.25, 0.3) is 10.2 Å². The highest BCUT2D eigenvalue weighted by molar-refractivity contribution is 7.22. The molecule has 1 aliphatic carbocycles. The molecule has 172 valence electrons. The Kier molecular flexibility index (Phi) is 6.72. The summed E-state index contributed by atoms with van der Waals surface area (Å²) in [5.74, 6) is 0.699. The van der Waals surface area contributed by atoms with Crippen molar-refractivity contribution in [1.29, 1.82) is 0 Å². The zero-order valence-electron chi connectivity index (χ0n) is 19.3. The Bertz CT molecular complexity index is 1200. The Balaban J connectivity index is 1.38. The minimum atomic E-state index is -0.0809. The summed E-state index contributed by atoms with van der Waals surface area (Å²) in [7, 11) is 0. The summed E-state index contributed by atoms with van der Waals surface area (Å²) >= 11 is 1.52. The van der Waals surface area contributed by atoms with Gasteiger partial charge in [-0.1, -0.05) is 103 Å². The van der Waals surface area contributed by atoms with E-state index in [1.807, 2.05) is 41.3 Å². The molecule has 0 saturated carbocycles. The Hall–Kier alpha value is -3.44. The first kappa shape index (κ1) is 22.4. The molecule has 0 spiro atoms. The van der Waals surface area contributed by atoms with Gasteiger partial charge in [0, 0.05) is 12.5 Å². The number of allylic oxidation sites excluding steroid dienone is 1. The Labute approximate surface area is 205 Å². The fourth-order valence-corrected chi connectivity index (χ4v) is 5.61. The molecule has 1 aliphatic rings. The number of carbonyl (C=O) groups excluding carboxylic acids is 1. The van der Waals surface area contributed by atoms with E-state index in [0.29, 0.717) is 17.6 Å². The first-order valence-corrected chi connectivity index (χ1v) is 12.7. The lowest BCUT2D eigenvalue weighted by atomic mass is 9.88. The molecule has 5 rings (SSSR count). The molecule has 4 aromatic rings. The second-order valence-corrected chi connectivity index (χ2v) is 9.97. The number of carbonyl (C=O) groups is 1. The molecule has 3 aromatic carbocycles. The number of hydrogen-bond donors (Lipinski definition) is 1. The molecule has 5 heteroatoms. The fourth-order valence-electron chi connectivity index (χ4n) is 4.76. The zero-order chi connectivity index (χ0) is 23.3. The molecule has 0 radical (unpaired) electrons. The minimum absolute atomic E-state index is 0.0809. The molecule has 2 atom stereocenters. The van der Waals surface area contributed by atoms with Gasteiger partial charge in [-0.3, -0.25) is 5.32 Å². The summed E-state index contributed by atoms with van der Waals surface area (Å²) in [5, 5.41) is 3.73. The molecule has 0 aliphatic heterocycles. The molecule has 1 N–H and O–H groups in total. The summed E-state index contributed by atoms with van der Waals surface area (Å²) in [6.07, 6.45) is 6.20. The number of fused-ring (bicyclic) bond motifs is 1. The lowest BCUT2D eigenvalue weighted by Crippen LogP contribution is -2.42. The summed E-state index contributed by atoms with van der Waals surface area (Å²) in [6.45, 7) is 2.86. The molecule has 0 saturated heterocycles. The van der Waals surface area contributed by atoms with Gasteiger partial charge in [0.15, 0.2) is 5.13 Å². The van der Waals surface area contributed by atoms with Gasteiger partial charge >= 0.3 is 6.03 Å². The van der Waals surface area contributed by atoms with Gasteiger partial charge in [0.1, 0.15) is 0 Å². The van der Waals surface area contributed by atoms with E-state index in [2.05, 4.69) is 77.9 Å². The number of benzene rings is 3. The van der Waals surface area contributed by atoms with Crippen molar-refractivity contribution in [2.24, 2.45) is 5.92 Å². The highest BCUT2D eigenvalue weighted by Gasteiger charge is 2.28. The van der Waals surface area contributed by atoms with E-state index in [9.17, 15) is 4.79 Å². The minimum Gasteiger partial charge on any atom is -0.318 e. The third-order valence-electron chi connectivity index (χ3n) is 6.51. The second kappa shape index (κ2) is 10.2. The SMILES string of the molecule is CC1C=CC(N(CCC(c2ccccc2)c2ccccc2)C(=O)Nc2nc3ccccc3s2)C1. The van der Waals surface area contributed by atoms with Gasteiger partial charge in [-0.05, 0) is 42.0 Å². The van der Waals surface area contributed by atoms with Gasteiger partial charge in [0.25, 0.3) is 0 Å². The third-order valence-corrected chi connectivity index (χ3v) is 7.46. The van der Waals surface area contributed by atoms with E-state index in [4.69, 9.17) is 0 Å². The number of amides is 2. The van der Waals surface area contributed by atoms with E-state index in [1.54, 1.807) is 0 Å². The second-order valence-electron chi connectivity index (χ2n) is 8.94. The van der Waals surface area contributed by atoms with Gasteiger partial charge in [0.05, 0.1) is 16.3 Å². The first-order chi connectivity index (χ1) is 16.7. The highest BCUT2D eigenvalue weighted by atomic mass is 32.1. The largest absolute Gasteiger partial charge is 0.324 e. The van der Waals surface area contributed by atoms with Crippen molar-refractivity contribution in [1.82, 2.24) is 9.88 Å². The number of anilines is 1. The molecular weight excluding hydrogens is 438 g/mol. The van der Waals surface area contributed by atoms with Gasteiger partial charge in [-0.25, -0.2) is 9.78 Å². The first-order valence-electron chi connectivity index (χ1n) is 11.9. The maximum Gasteiger partial charge on any atom is 0.324 e. The summed E-state index contributed by atoms with van der Waals surface area (Å²) < 4.78 is 1.08. The number of aromatic nitrogens is 1. The van der Waals surface area contributed by atoms with Crippen LogP contribution in [0.1, 0.15) is 36.8 Å². The van der Waals surface area contributed by atoms with Crippen LogP contribution < -0.4 is 5.32 Å². The van der Waals surface area contributed by atoms with Crippen LogP contribution in [0.5, 0.6) is 0 Å². The third kappa shape index (κ3) is 5.05. The van der Waals surface area contributed by atoms with Gasteiger partial charge in [-0.15, -0.1) is 0 Å². The average Bonchev–Trinajstić information content (AvgIpc) is 3.48. The van der Waals surface area contributed by atoms with Crippen molar-refractivity contribution in [2.75, 3.05) is 11.9 Å². The number of nitrogens with zero attached hydrogens (tertiary/aromatic N) is 2. The number of para-hydroxylation sites is 1. The quantitative estimate of drug-likeness (QED) is 0.290. The van der Waals surface area contributed by atoms with E-state index in [0.717, 1.165) is 23.1 Å². The summed E-state index contributed by atoms with van der Waals surface area (Å²) in [6, 6.07) is 29.2. The average molecular weight is 468 g/mol. The van der Waals surface area contributed by atoms with Crippen molar-refractivity contribution in [3.63, 3.8) is 0 Å². The van der Waals surface area contributed by atoms with Crippen LogP contribution in [0.15, 0.2) is 97.1 Å². The number of nitrogens with one attached hydrogen (secondary N) is 1. The van der Waals surface area contributed by atoms with Gasteiger partial charge in [0.2, 0.25) is 0 Å². The Morgan fingerprint density at radius 2 is 1.62 bits per heavy atom. The van der Waals surface area contributed by atoms with Crippen LogP contribution in [-0.4, -0.2) is 28.5 Å². The Morgan fingerprint density at radius 3 is 2.24 bits per heavy atom. The van der Waals surface area contributed by atoms with Crippen LogP contribution in [0.4, 0.5) is 9.93 Å². The topological polar surface area (TPSA) is 45.2 Å². The number of thiazole rings is 1. The molecule has 2 amide bonds. The lowest BCUT2D eigenvalue weighted by molar-refractivity contribution is 0.194. The molecule has 0 bridgehead atoms. The van der Waals surface area contributed by atoms with Crippen LogP contribution in [0.3, 0.4) is 0 Å². The molecular formula is C29H29N3OS. The predicted molar refractivity (Wildman–Crippen MR) is 141 cm³/mol. The number of hydrogen-bond acceptors (Lipinski definition) is 3. The number of rotatable bonds is 7. The molecule has 34 heavy (non-hydrogen) atoms. The van der Waals surface area contributed by atoms with Crippen LogP contribution in [0.2, 0.25) is 0 Å². The predicted octanol–water partition coefficient (Wildman–Crippen LogP) is 7.32. The summed E-state index contributed by atoms with van der Waals surface area (Å²) in [5.41, 5.74) is 3.46. The lowest BCUT2D eigenvalue weighted by Gasteiger charge is -2.30. The normalized spacial score (nSPS) is 17.4. The van der Waals surface area contributed by atoms with E-state index < -0.39 is 0 Å². The zero-order valence-corrected chi connectivity index (χ0v) is 20.1. The maximum absolute atomic E-state index is 13.5. The van der Waals surface area contributed by atoms with Crippen LogP contribution >= 0.6 is 11.3 Å². The Morgan fingerprint density at radius 1 is 0.971 bits per heavy atom. The molecule has 4 nitrogen and oxygen atoms in total. The maximum atomic E-state index is 13.5. The molecule has 1 aromatic heterocycles. The van der Waals surface area contributed by atoms with Crippen molar-refractivity contribution < 1.29 is 4.79 Å².